The van der Waals surface area contributed by atoms with Crippen molar-refractivity contribution in [3.63, 3.8) is 0 Å². The van der Waals surface area contributed by atoms with Crippen molar-refractivity contribution in [3.05, 3.63) is 48.5 Å². The van der Waals surface area contributed by atoms with E-state index in [1.54, 1.807) is 23.2 Å². The zero-order valence-electron chi connectivity index (χ0n) is 9.01. The highest BCUT2D eigenvalue weighted by molar-refractivity contribution is 6.32. The molecule has 0 fully saturated rings. The van der Waals surface area contributed by atoms with E-state index in [9.17, 15) is 0 Å². The van der Waals surface area contributed by atoms with Gasteiger partial charge in [-0.2, -0.15) is 5.10 Å². The van der Waals surface area contributed by atoms with Gasteiger partial charge in [0.05, 0.1) is 23.8 Å². The fourth-order valence-electron chi connectivity index (χ4n) is 1.28. The molecule has 0 amide bonds. The summed E-state index contributed by atoms with van der Waals surface area (Å²) < 4.78 is 1.68. The van der Waals surface area contributed by atoms with E-state index in [2.05, 4.69) is 22.0 Å². The van der Waals surface area contributed by atoms with E-state index >= 15 is 0 Å². The lowest BCUT2D eigenvalue weighted by Crippen LogP contribution is -1.97. The lowest BCUT2D eigenvalue weighted by molar-refractivity contribution is 0.874. The van der Waals surface area contributed by atoms with Crippen molar-refractivity contribution < 1.29 is 0 Å². The smallest absolute Gasteiger partial charge is 0.174 e. The monoisotopic (exact) mass is 270 g/mol. The fourth-order valence-corrected chi connectivity index (χ4v) is 1.47. The number of aromatic nitrogens is 3. The summed E-state index contributed by atoms with van der Waals surface area (Å²) >= 11 is 5.98. The molecule has 17 heavy (non-hydrogen) atoms. The van der Waals surface area contributed by atoms with Gasteiger partial charge in [0.1, 0.15) is 0 Å². The van der Waals surface area contributed by atoms with Crippen LogP contribution in [0.4, 0.5) is 5.69 Å². The van der Waals surface area contributed by atoms with E-state index in [0.29, 0.717) is 11.7 Å². The molecule has 1 N–H and O–H groups in total. The molecular formula is C11H12Cl2N4. The number of pyridine rings is 1. The number of rotatable bonds is 4. The van der Waals surface area contributed by atoms with Crippen molar-refractivity contribution in [3.8, 4) is 5.69 Å². The minimum Gasteiger partial charge on any atom is -0.378 e. The van der Waals surface area contributed by atoms with Crippen LogP contribution in [-0.2, 0) is 0 Å². The van der Waals surface area contributed by atoms with Gasteiger partial charge < -0.3 is 5.32 Å². The third-order valence-corrected chi connectivity index (χ3v) is 2.30. The van der Waals surface area contributed by atoms with Crippen LogP contribution >= 0.6 is 24.0 Å². The molecule has 0 radical (unpaired) electrons. The fraction of sp³-hybridized carbons (Fsp3) is 0.0909. The quantitative estimate of drug-likeness (QED) is 0.869. The van der Waals surface area contributed by atoms with Gasteiger partial charge in [-0.3, -0.25) is 4.98 Å². The van der Waals surface area contributed by atoms with E-state index in [1.807, 2.05) is 18.3 Å². The maximum absolute atomic E-state index is 5.98. The summed E-state index contributed by atoms with van der Waals surface area (Å²) in [5, 5.41) is 7.71. The lowest BCUT2D eigenvalue weighted by atomic mass is 10.4. The molecule has 6 heteroatoms. The second-order valence-electron chi connectivity index (χ2n) is 3.16. The number of hydrogen-bond donors (Lipinski definition) is 1. The number of hydrogen-bond acceptors (Lipinski definition) is 3. The number of halogens is 2. The minimum absolute atomic E-state index is 0. The molecule has 0 aliphatic carbocycles. The maximum Gasteiger partial charge on any atom is 0.174 e. The second-order valence-corrected chi connectivity index (χ2v) is 3.52. The molecule has 0 aromatic carbocycles. The average Bonchev–Trinajstić information content (AvgIpc) is 2.69. The summed E-state index contributed by atoms with van der Waals surface area (Å²) in [5.74, 6) is 0. The predicted molar refractivity (Wildman–Crippen MR) is 72.3 cm³/mol. The van der Waals surface area contributed by atoms with Gasteiger partial charge in [0.25, 0.3) is 0 Å². The molecule has 0 saturated carbocycles. The molecule has 0 spiro atoms. The van der Waals surface area contributed by atoms with Gasteiger partial charge in [-0.05, 0) is 12.1 Å². The molecule has 0 atom stereocenters. The Kier molecular flexibility index (Phi) is 5.00. The van der Waals surface area contributed by atoms with Gasteiger partial charge in [-0.15, -0.1) is 19.0 Å². The molecule has 2 aromatic rings. The zero-order chi connectivity index (χ0) is 11.4. The molecule has 2 rings (SSSR count). The number of anilines is 1. The van der Waals surface area contributed by atoms with E-state index in [1.165, 1.54) is 0 Å². The van der Waals surface area contributed by atoms with E-state index < -0.39 is 0 Å². The van der Waals surface area contributed by atoms with Crippen LogP contribution in [0.3, 0.4) is 0 Å². The molecular weight excluding hydrogens is 259 g/mol. The SMILES string of the molecule is C=CCNc1cn(-c2cccnc2)nc1Cl.Cl. The molecule has 0 saturated heterocycles. The highest BCUT2D eigenvalue weighted by Gasteiger charge is 2.06. The second kappa shape index (κ2) is 6.27. The van der Waals surface area contributed by atoms with Crippen LogP contribution in [0.1, 0.15) is 0 Å². The van der Waals surface area contributed by atoms with Crippen molar-refractivity contribution in [1.29, 1.82) is 0 Å². The van der Waals surface area contributed by atoms with Gasteiger partial charge >= 0.3 is 0 Å². The van der Waals surface area contributed by atoms with Crippen molar-refractivity contribution in [1.82, 2.24) is 14.8 Å². The largest absolute Gasteiger partial charge is 0.378 e. The van der Waals surface area contributed by atoms with Crippen LogP contribution in [0, 0.1) is 0 Å². The molecule has 0 aliphatic heterocycles. The Hall–Kier alpha value is -1.52. The highest BCUT2D eigenvalue weighted by Crippen LogP contribution is 2.21. The molecule has 90 valence electrons. The van der Waals surface area contributed by atoms with Crippen LogP contribution < -0.4 is 5.32 Å². The first kappa shape index (κ1) is 13.5. The summed E-state index contributed by atoms with van der Waals surface area (Å²) in [6.45, 7) is 4.28. The first-order valence-electron chi connectivity index (χ1n) is 4.81. The van der Waals surface area contributed by atoms with Gasteiger partial charge in [0, 0.05) is 12.7 Å². The molecule has 4 nitrogen and oxygen atoms in total. The van der Waals surface area contributed by atoms with Crippen molar-refractivity contribution in [2.45, 2.75) is 0 Å². The highest BCUT2D eigenvalue weighted by atomic mass is 35.5. The standard InChI is InChI=1S/C11H11ClN4.ClH/c1-2-5-14-10-8-16(15-11(10)12)9-4-3-6-13-7-9;/h2-4,6-8,14H,1,5H2;1H. The Bertz CT molecular complexity index is 481. The summed E-state index contributed by atoms with van der Waals surface area (Å²) in [6, 6.07) is 3.76. The third kappa shape index (κ3) is 3.22. The average molecular weight is 271 g/mol. The van der Waals surface area contributed by atoms with Gasteiger partial charge in [0.15, 0.2) is 5.15 Å². The first-order valence-corrected chi connectivity index (χ1v) is 5.19. The molecule has 2 heterocycles. The molecule has 0 bridgehead atoms. The Balaban J connectivity index is 0.00000144. The summed E-state index contributed by atoms with van der Waals surface area (Å²) in [6.07, 6.45) is 7.02. The predicted octanol–water partition coefficient (Wildman–Crippen LogP) is 2.94. The topological polar surface area (TPSA) is 42.7 Å². The normalized spacial score (nSPS) is 9.47. The van der Waals surface area contributed by atoms with Gasteiger partial charge in [0.2, 0.25) is 0 Å². The Morgan fingerprint density at radius 3 is 3.00 bits per heavy atom. The van der Waals surface area contributed by atoms with Crippen molar-refractivity contribution in [2.75, 3.05) is 11.9 Å². The van der Waals surface area contributed by atoms with Crippen molar-refractivity contribution in [2.24, 2.45) is 0 Å². The van der Waals surface area contributed by atoms with Crippen LogP contribution in [0.15, 0.2) is 43.4 Å². The summed E-state index contributed by atoms with van der Waals surface area (Å²) in [5.41, 5.74) is 1.65. The van der Waals surface area contributed by atoms with E-state index in [0.717, 1.165) is 11.4 Å². The summed E-state index contributed by atoms with van der Waals surface area (Å²) in [4.78, 5) is 4.02. The van der Waals surface area contributed by atoms with Gasteiger partial charge in [-0.1, -0.05) is 17.7 Å². The molecule has 0 unspecified atom stereocenters. The van der Waals surface area contributed by atoms with Crippen LogP contribution in [0.5, 0.6) is 0 Å². The van der Waals surface area contributed by atoms with Gasteiger partial charge in [-0.25, -0.2) is 4.68 Å². The Morgan fingerprint density at radius 1 is 1.53 bits per heavy atom. The minimum atomic E-state index is 0. The number of nitrogens with one attached hydrogen (secondary N) is 1. The maximum atomic E-state index is 5.98. The third-order valence-electron chi connectivity index (χ3n) is 2.02. The van der Waals surface area contributed by atoms with Crippen LogP contribution in [0.25, 0.3) is 5.69 Å². The van der Waals surface area contributed by atoms with Crippen molar-refractivity contribution >= 4 is 29.7 Å². The van der Waals surface area contributed by atoms with Crippen LogP contribution in [-0.4, -0.2) is 21.3 Å². The Morgan fingerprint density at radius 2 is 2.35 bits per heavy atom. The Labute approximate surface area is 111 Å². The first-order chi connectivity index (χ1) is 7.81. The molecule has 0 aliphatic rings. The molecule has 2 aromatic heterocycles. The van der Waals surface area contributed by atoms with Crippen LogP contribution in [0.2, 0.25) is 5.15 Å². The lowest BCUT2D eigenvalue weighted by Gasteiger charge is -1.99. The van der Waals surface area contributed by atoms with E-state index in [-0.39, 0.29) is 12.4 Å². The zero-order valence-corrected chi connectivity index (χ0v) is 10.6. The van der Waals surface area contributed by atoms with E-state index in [4.69, 9.17) is 11.6 Å². The summed E-state index contributed by atoms with van der Waals surface area (Å²) in [7, 11) is 0. The number of nitrogens with zero attached hydrogens (tertiary/aromatic N) is 3.